The van der Waals surface area contributed by atoms with Crippen LogP contribution in [0.15, 0.2) is 52.5 Å². The zero-order valence-electron chi connectivity index (χ0n) is 16.0. The first-order valence-electron chi connectivity index (χ1n) is 8.93. The predicted molar refractivity (Wildman–Crippen MR) is 106 cm³/mol. The normalized spacial score (nSPS) is 12.6. The molecule has 0 aliphatic heterocycles. The SMILES string of the molecule is CC(C)C(NC(=O)c1ccco1)C(=O)Nc1nc(-c2cccc(C(F)(F)F)c2)cs1. The van der Waals surface area contributed by atoms with Crippen molar-refractivity contribution in [3.8, 4) is 11.3 Å². The van der Waals surface area contributed by atoms with Gasteiger partial charge in [0.25, 0.3) is 5.91 Å². The Bertz CT molecular complexity index is 1030. The van der Waals surface area contributed by atoms with Crippen molar-refractivity contribution in [3.05, 3.63) is 59.4 Å². The highest BCUT2D eigenvalue weighted by atomic mass is 32.1. The van der Waals surface area contributed by atoms with E-state index in [-0.39, 0.29) is 22.4 Å². The van der Waals surface area contributed by atoms with Crippen molar-refractivity contribution in [3.63, 3.8) is 0 Å². The van der Waals surface area contributed by atoms with Gasteiger partial charge in [0.05, 0.1) is 17.5 Å². The Balaban J connectivity index is 1.72. The van der Waals surface area contributed by atoms with Crippen molar-refractivity contribution in [1.82, 2.24) is 10.3 Å². The van der Waals surface area contributed by atoms with Crippen LogP contribution in [0, 0.1) is 5.92 Å². The van der Waals surface area contributed by atoms with Gasteiger partial charge in [-0.15, -0.1) is 11.3 Å². The summed E-state index contributed by atoms with van der Waals surface area (Å²) in [6.45, 7) is 3.53. The average molecular weight is 437 g/mol. The van der Waals surface area contributed by atoms with Crippen LogP contribution in [-0.4, -0.2) is 22.8 Å². The van der Waals surface area contributed by atoms with Crippen LogP contribution < -0.4 is 10.6 Å². The number of benzene rings is 1. The lowest BCUT2D eigenvalue weighted by Crippen LogP contribution is -2.47. The molecule has 10 heteroatoms. The van der Waals surface area contributed by atoms with E-state index in [1.807, 2.05) is 0 Å². The van der Waals surface area contributed by atoms with Gasteiger partial charge in [-0.05, 0) is 30.2 Å². The van der Waals surface area contributed by atoms with Crippen LogP contribution in [0.25, 0.3) is 11.3 Å². The second-order valence-electron chi connectivity index (χ2n) is 6.78. The Morgan fingerprint density at radius 2 is 1.93 bits per heavy atom. The molecule has 0 bridgehead atoms. The van der Waals surface area contributed by atoms with Gasteiger partial charge in [-0.2, -0.15) is 13.2 Å². The molecule has 6 nitrogen and oxygen atoms in total. The van der Waals surface area contributed by atoms with Crippen molar-refractivity contribution >= 4 is 28.3 Å². The number of carbonyl (C=O) groups is 2. The van der Waals surface area contributed by atoms with E-state index >= 15 is 0 Å². The van der Waals surface area contributed by atoms with Gasteiger partial charge in [-0.3, -0.25) is 9.59 Å². The molecule has 2 heterocycles. The van der Waals surface area contributed by atoms with E-state index < -0.39 is 29.6 Å². The molecule has 2 amide bonds. The summed E-state index contributed by atoms with van der Waals surface area (Å²) in [5.41, 5.74) is -0.186. The largest absolute Gasteiger partial charge is 0.459 e. The summed E-state index contributed by atoms with van der Waals surface area (Å²) in [5.74, 6) is -1.17. The number of thiazole rings is 1. The van der Waals surface area contributed by atoms with Gasteiger partial charge >= 0.3 is 6.18 Å². The van der Waals surface area contributed by atoms with Crippen LogP contribution in [-0.2, 0) is 11.0 Å². The Morgan fingerprint density at radius 1 is 1.17 bits per heavy atom. The Morgan fingerprint density at radius 3 is 2.57 bits per heavy atom. The molecule has 3 rings (SSSR count). The van der Waals surface area contributed by atoms with Gasteiger partial charge < -0.3 is 15.1 Å². The lowest BCUT2D eigenvalue weighted by Gasteiger charge is -2.20. The van der Waals surface area contributed by atoms with Gasteiger partial charge in [0.1, 0.15) is 6.04 Å². The third-order valence-corrected chi connectivity index (χ3v) is 4.96. The van der Waals surface area contributed by atoms with Crippen LogP contribution in [0.2, 0.25) is 0 Å². The molecule has 158 valence electrons. The van der Waals surface area contributed by atoms with E-state index in [4.69, 9.17) is 4.42 Å². The molecule has 2 aromatic heterocycles. The van der Waals surface area contributed by atoms with E-state index in [9.17, 15) is 22.8 Å². The number of furan rings is 1. The topological polar surface area (TPSA) is 84.2 Å². The molecule has 0 fully saturated rings. The molecule has 2 N–H and O–H groups in total. The first-order valence-corrected chi connectivity index (χ1v) is 9.81. The van der Waals surface area contributed by atoms with Crippen LogP contribution in [0.5, 0.6) is 0 Å². The second kappa shape index (κ2) is 8.70. The first kappa shape index (κ1) is 21.6. The zero-order valence-corrected chi connectivity index (χ0v) is 16.8. The molecular formula is C20H18F3N3O3S. The summed E-state index contributed by atoms with van der Waals surface area (Å²) in [6.07, 6.45) is -3.11. The lowest BCUT2D eigenvalue weighted by atomic mass is 10.0. The summed E-state index contributed by atoms with van der Waals surface area (Å²) >= 11 is 1.08. The molecule has 0 aliphatic rings. The number of anilines is 1. The number of hydrogen-bond donors (Lipinski definition) is 2. The van der Waals surface area contributed by atoms with E-state index in [1.54, 1.807) is 25.3 Å². The smallest absolute Gasteiger partial charge is 0.416 e. The Labute approximate surface area is 174 Å². The van der Waals surface area contributed by atoms with E-state index in [0.717, 1.165) is 23.5 Å². The third-order valence-electron chi connectivity index (χ3n) is 4.20. The standard InChI is InChI=1S/C20H18F3N3O3S/c1-11(2)16(25-17(27)15-7-4-8-29-15)18(28)26-19-24-14(10-30-19)12-5-3-6-13(9-12)20(21,22)23/h3-11,16H,1-2H3,(H,25,27)(H,24,26,28). The highest BCUT2D eigenvalue weighted by Gasteiger charge is 2.31. The van der Waals surface area contributed by atoms with Crippen molar-refractivity contribution in [2.45, 2.75) is 26.1 Å². The molecule has 1 aromatic carbocycles. The first-order chi connectivity index (χ1) is 14.1. The number of amides is 2. The van der Waals surface area contributed by atoms with E-state index in [2.05, 4.69) is 15.6 Å². The third kappa shape index (κ3) is 5.07. The highest BCUT2D eigenvalue weighted by Crippen LogP contribution is 2.33. The summed E-state index contributed by atoms with van der Waals surface area (Å²) in [7, 11) is 0. The predicted octanol–water partition coefficient (Wildman–Crippen LogP) is 4.82. The zero-order chi connectivity index (χ0) is 21.9. The fourth-order valence-electron chi connectivity index (χ4n) is 2.66. The number of halogens is 3. The lowest BCUT2D eigenvalue weighted by molar-refractivity contribution is -0.137. The number of carbonyl (C=O) groups excluding carboxylic acids is 2. The Kier molecular flexibility index (Phi) is 6.25. The maximum absolute atomic E-state index is 12.9. The quantitative estimate of drug-likeness (QED) is 0.579. The minimum Gasteiger partial charge on any atom is -0.459 e. The van der Waals surface area contributed by atoms with Gasteiger partial charge in [0.2, 0.25) is 5.91 Å². The summed E-state index contributed by atoms with van der Waals surface area (Å²) in [6, 6.07) is 6.97. The van der Waals surface area contributed by atoms with Gasteiger partial charge in [0, 0.05) is 10.9 Å². The fourth-order valence-corrected chi connectivity index (χ4v) is 3.38. The van der Waals surface area contributed by atoms with Crippen molar-refractivity contribution in [2.24, 2.45) is 5.92 Å². The van der Waals surface area contributed by atoms with Crippen LogP contribution in [0.1, 0.15) is 30.0 Å². The fraction of sp³-hybridized carbons (Fsp3) is 0.250. The van der Waals surface area contributed by atoms with Gasteiger partial charge in [0.15, 0.2) is 10.9 Å². The maximum atomic E-state index is 12.9. The van der Waals surface area contributed by atoms with E-state index in [0.29, 0.717) is 5.69 Å². The molecule has 0 radical (unpaired) electrons. The number of alkyl halides is 3. The summed E-state index contributed by atoms with van der Waals surface area (Å²) < 4.78 is 43.8. The molecule has 0 saturated heterocycles. The van der Waals surface area contributed by atoms with Gasteiger partial charge in [-0.1, -0.05) is 26.0 Å². The second-order valence-corrected chi connectivity index (χ2v) is 7.64. The number of nitrogens with one attached hydrogen (secondary N) is 2. The minimum absolute atomic E-state index is 0.0783. The van der Waals surface area contributed by atoms with Crippen molar-refractivity contribution in [2.75, 3.05) is 5.32 Å². The highest BCUT2D eigenvalue weighted by molar-refractivity contribution is 7.14. The molecular weight excluding hydrogens is 419 g/mol. The molecule has 1 atom stereocenters. The number of hydrogen-bond acceptors (Lipinski definition) is 5. The molecule has 3 aromatic rings. The minimum atomic E-state index is -4.46. The Hall–Kier alpha value is -3.14. The van der Waals surface area contributed by atoms with Crippen molar-refractivity contribution < 1.29 is 27.2 Å². The monoisotopic (exact) mass is 437 g/mol. The molecule has 0 spiro atoms. The molecule has 1 unspecified atom stereocenters. The molecule has 0 aliphatic carbocycles. The average Bonchev–Trinajstić information content (AvgIpc) is 3.37. The van der Waals surface area contributed by atoms with Gasteiger partial charge in [-0.25, -0.2) is 4.98 Å². The van der Waals surface area contributed by atoms with Crippen LogP contribution >= 0.6 is 11.3 Å². The molecule has 30 heavy (non-hydrogen) atoms. The summed E-state index contributed by atoms with van der Waals surface area (Å²) in [5, 5.41) is 6.98. The summed E-state index contributed by atoms with van der Waals surface area (Å²) in [4.78, 5) is 29.0. The van der Waals surface area contributed by atoms with Crippen LogP contribution in [0.3, 0.4) is 0 Å². The maximum Gasteiger partial charge on any atom is 0.416 e. The van der Waals surface area contributed by atoms with E-state index in [1.165, 1.54) is 24.5 Å². The number of rotatable bonds is 6. The number of aromatic nitrogens is 1. The molecule has 0 saturated carbocycles. The van der Waals surface area contributed by atoms with Crippen LogP contribution in [0.4, 0.5) is 18.3 Å². The van der Waals surface area contributed by atoms with Crippen molar-refractivity contribution in [1.29, 1.82) is 0 Å². The number of nitrogens with zero attached hydrogens (tertiary/aromatic N) is 1.